The molecule has 1 aromatic rings. The number of hydrogen-bond donors (Lipinski definition) is 3. The van der Waals surface area contributed by atoms with Gasteiger partial charge in [-0.25, -0.2) is 23.5 Å². The first-order valence-electron chi connectivity index (χ1n) is 5.33. The van der Waals surface area contributed by atoms with Gasteiger partial charge in [-0.2, -0.15) is 0 Å². The molecule has 0 radical (unpaired) electrons. The van der Waals surface area contributed by atoms with Crippen LogP contribution in [0.15, 0.2) is 14.4 Å². The first kappa shape index (κ1) is 14.4. The minimum atomic E-state index is -0.938. The summed E-state index contributed by atoms with van der Waals surface area (Å²) in [7, 11) is 0. The third-order valence-corrected chi connectivity index (χ3v) is 2.33. The molecule has 0 spiro atoms. The highest BCUT2D eigenvalue weighted by atomic mass is 16.2. The van der Waals surface area contributed by atoms with Crippen LogP contribution in [0.5, 0.6) is 0 Å². The number of amides is 2. The zero-order valence-electron chi connectivity index (χ0n) is 9.92. The molecule has 10 heteroatoms. The molecule has 0 fully saturated rings. The summed E-state index contributed by atoms with van der Waals surface area (Å²) in [5, 5.41) is 0. The van der Waals surface area contributed by atoms with Crippen molar-refractivity contribution in [2.45, 2.75) is 25.9 Å². The van der Waals surface area contributed by atoms with Crippen molar-refractivity contribution in [2.75, 3.05) is 0 Å². The Morgan fingerprint density at radius 2 is 1.26 bits per heavy atom. The largest absolute Gasteiger partial charge is 0.370 e. The summed E-state index contributed by atoms with van der Waals surface area (Å²) in [5.74, 6) is -1.39. The van der Waals surface area contributed by atoms with Crippen LogP contribution in [0.25, 0.3) is 0 Å². The van der Waals surface area contributed by atoms with Crippen LogP contribution in [0.1, 0.15) is 12.8 Å². The molecule has 1 rings (SSSR count). The molecule has 0 aliphatic carbocycles. The minimum Gasteiger partial charge on any atom is -0.370 e. The zero-order valence-corrected chi connectivity index (χ0v) is 9.92. The van der Waals surface area contributed by atoms with Gasteiger partial charge in [-0.3, -0.25) is 14.6 Å². The van der Waals surface area contributed by atoms with E-state index in [4.69, 9.17) is 11.5 Å². The van der Waals surface area contributed by atoms with Crippen LogP contribution >= 0.6 is 0 Å². The SMILES string of the molecule is NC(=O)CCn1c(=O)[nH]c(=O)n(CCC(N)=O)c1=O. The first-order valence-corrected chi connectivity index (χ1v) is 5.33. The summed E-state index contributed by atoms with van der Waals surface area (Å²) in [6, 6.07) is 0. The van der Waals surface area contributed by atoms with Crippen molar-refractivity contribution in [3.63, 3.8) is 0 Å². The fourth-order valence-electron chi connectivity index (χ4n) is 1.38. The quantitative estimate of drug-likeness (QED) is 0.486. The summed E-state index contributed by atoms with van der Waals surface area (Å²) in [5.41, 5.74) is 7.02. The van der Waals surface area contributed by atoms with E-state index in [1.165, 1.54) is 0 Å². The van der Waals surface area contributed by atoms with Crippen LogP contribution in [0.4, 0.5) is 0 Å². The van der Waals surface area contributed by atoms with Crippen LogP contribution in [-0.2, 0) is 22.7 Å². The van der Waals surface area contributed by atoms with Gasteiger partial charge in [0.1, 0.15) is 0 Å². The van der Waals surface area contributed by atoms with Crippen LogP contribution in [0.2, 0.25) is 0 Å². The van der Waals surface area contributed by atoms with E-state index in [2.05, 4.69) is 0 Å². The Morgan fingerprint density at radius 1 is 0.895 bits per heavy atom. The maximum absolute atomic E-state index is 11.8. The Hall–Kier alpha value is -2.65. The zero-order chi connectivity index (χ0) is 14.6. The second-order valence-electron chi connectivity index (χ2n) is 3.75. The Bertz CT molecular complexity index is 614. The molecule has 19 heavy (non-hydrogen) atoms. The Labute approximate surface area is 105 Å². The minimum absolute atomic E-state index is 0.225. The summed E-state index contributed by atoms with van der Waals surface area (Å²) < 4.78 is 1.32. The number of rotatable bonds is 6. The van der Waals surface area contributed by atoms with Crippen molar-refractivity contribution in [3.8, 4) is 0 Å². The molecule has 0 unspecified atom stereocenters. The highest BCUT2D eigenvalue weighted by molar-refractivity contribution is 5.73. The lowest BCUT2D eigenvalue weighted by atomic mass is 10.4. The highest BCUT2D eigenvalue weighted by Crippen LogP contribution is 1.82. The molecule has 1 aromatic heterocycles. The summed E-state index contributed by atoms with van der Waals surface area (Å²) in [6.45, 7) is -0.499. The summed E-state index contributed by atoms with van der Waals surface area (Å²) >= 11 is 0. The van der Waals surface area contributed by atoms with Gasteiger partial charge in [0, 0.05) is 25.9 Å². The predicted molar refractivity (Wildman–Crippen MR) is 63.2 cm³/mol. The Balaban J connectivity index is 3.19. The number of nitrogens with one attached hydrogen (secondary N) is 1. The van der Waals surface area contributed by atoms with Crippen molar-refractivity contribution >= 4 is 11.8 Å². The molecule has 0 saturated heterocycles. The average Bonchev–Trinajstić information content (AvgIpc) is 2.27. The number of carbonyl (C=O) groups excluding carboxylic acids is 2. The van der Waals surface area contributed by atoms with Crippen molar-refractivity contribution in [1.29, 1.82) is 0 Å². The normalized spacial score (nSPS) is 10.3. The lowest BCUT2D eigenvalue weighted by Crippen LogP contribution is -2.50. The van der Waals surface area contributed by atoms with Gasteiger partial charge < -0.3 is 11.5 Å². The van der Waals surface area contributed by atoms with Gasteiger partial charge in [-0.1, -0.05) is 0 Å². The molecule has 0 aromatic carbocycles. The molecular formula is C9H13N5O5. The van der Waals surface area contributed by atoms with E-state index in [0.29, 0.717) is 9.13 Å². The van der Waals surface area contributed by atoms with Crippen molar-refractivity contribution < 1.29 is 9.59 Å². The fraction of sp³-hybridized carbons (Fsp3) is 0.444. The molecule has 0 aliphatic rings. The van der Waals surface area contributed by atoms with Crippen molar-refractivity contribution in [3.05, 3.63) is 31.5 Å². The third kappa shape index (κ3) is 3.66. The van der Waals surface area contributed by atoms with E-state index in [9.17, 15) is 24.0 Å². The van der Waals surface area contributed by atoms with Gasteiger partial charge in [0.25, 0.3) is 0 Å². The Morgan fingerprint density at radius 3 is 1.58 bits per heavy atom. The first-order chi connectivity index (χ1) is 8.82. The summed E-state index contributed by atoms with van der Waals surface area (Å²) in [6.07, 6.45) is -0.450. The third-order valence-electron chi connectivity index (χ3n) is 2.33. The van der Waals surface area contributed by atoms with E-state index in [1.54, 1.807) is 0 Å². The standard InChI is InChI=1S/C9H13N5O5/c10-5(15)1-3-13-7(17)12-8(18)14(9(13)19)4-2-6(11)16/h1-4H2,(H2,10,15)(H2,11,16)(H,12,17,18). The lowest BCUT2D eigenvalue weighted by molar-refractivity contribution is -0.119. The monoisotopic (exact) mass is 271 g/mol. The van der Waals surface area contributed by atoms with E-state index in [-0.39, 0.29) is 25.9 Å². The Kier molecular flexibility index (Phi) is 4.40. The number of H-pyrrole nitrogens is 1. The van der Waals surface area contributed by atoms with Crippen LogP contribution in [0, 0.1) is 0 Å². The highest BCUT2D eigenvalue weighted by Gasteiger charge is 2.11. The molecule has 0 aliphatic heterocycles. The molecule has 0 atom stereocenters. The van der Waals surface area contributed by atoms with E-state index < -0.39 is 28.9 Å². The molecule has 104 valence electrons. The van der Waals surface area contributed by atoms with Crippen molar-refractivity contribution in [2.24, 2.45) is 11.5 Å². The molecule has 2 amide bonds. The number of hydrogen-bond acceptors (Lipinski definition) is 5. The maximum Gasteiger partial charge on any atom is 0.336 e. The summed E-state index contributed by atoms with van der Waals surface area (Å²) in [4.78, 5) is 57.8. The van der Waals surface area contributed by atoms with Gasteiger partial charge in [-0.05, 0) is 0 Å². The molecule has 1 heterocycles. The van der Waals surface area contributed by atoms with Gasteiger partial charge in [0.05, 0.1) is 0 Å². The number of nitrogens with two attached hydrogens (primary N) is 2. The van der Waals surface area contributed by atoms with Crippen LogP contribution in [0.3, 0.4) is 0 Å². The fourth-order valence-corrected chi connectivity index (χ4v) is 1.38. The second-order valence-corrected chi connectivity index (χ2v) is 3.75. The van der Waals surface area contributed by atoms with Crippen LogP contribution < -0.4 is 28.5 Å². The van der Waals surface area contributed by atoms with E-state index in [1.807, 2.05) is 4.98 Å². The van der Waals surface area contributed by atoms with E-state index >= 15 is 0 Å². The smallest absolute Gasteiger partial charge is 0.336 e. The van der Waals surface area contributed by atoms with Gasteiger partial charge in [0.2, 0.25) is 11.8 Å². The molecule has 10 nitrogen and oxygen atoms in total. The van der Waals surface area contributed by atoms with E-state index in [0.717, 1.165) is 0 Å². The lowest BCUT2D eigenvalue weighted by Gasteiger charge is -2.07. The molecule has 0 bridgehead atoms. The number of primary amides is 2. The van der Waals surface area contributed by atoms with Gasteiger partial charge in [-0.15, -0.1) is 0 Å². The maximum atomic E-state index is 11.8. The molecular weight excluding hydrogens is 258 g/mol. The number of nitrogens with zero attached hydrogens (tertiary/aromatic N) is 2. The second kappa shape index (κ2) is 5.80. The number of carbonyl (C=O) groups is 2. The topological polar surface area (TPSA) is 163 Å². The molecule has 5 N–H and O–H groups in total. The number of aromatic amines is 1. The van der Waals surface area contributed by atoms with Gasteiger partial charge in [0.15, 0.2) is 0 Å². The van der Waals surface area contributed by atoms with Crippen LogP contribution in [-0.4, -0.2) is 25.9 Å². The van der Waals surface area contributed by atoms with Gasteiger partial charge >= 0.3 is 17.1 Å². The number of aromatic nitrogens is 3. The molecule has 0 saturated carbocycles. The predicted octanol–water partition coefficient (Wildman–Crippen LogP) is -3.55. The van der Waals surface area contributed by atoms with Crippen molar-refractivity contribution in [1.82, 2.24) is 14.1 Å². The average molecular weight is 271 g/mol.